The number of aromatic nitrogens is 3. The van der Waals surface area contributed by atoms with Gasteiger partial charge in [0.1, 0.15) is 5.82 Å². The van der Waals surface area contributed by atoms with E-state index in [2.05, 4.69) is 27.4 Å². The van der Waals surface area contributed by atoms with E-state index >= 15 is 0 Å². The Hall–Kier alpha value is -2.25. The van der Waals surface area contributed by atoms with Gasteiger partial charge in [-0.2, -0.15) is 0 Å². The van der Waals surface area contributed by atoms with E-state index in [1.165, 1.54) is 5.56 Å². The van der Waals surface area contributed by atoms with Crippen LogP contribution in [0.1, 0.15) is 30.0 Å². The molecule has 1 fully saturated rings. The molecule has 0 unspecified atom stereocenters. The Morgan fingerprint density at radius 2 is 2.12 bits per heavy atom. The highest BCUT2D eigenvalue weighted by atomic mass is 16.5. The van der Waals surface area contributed by atoms with Gasteiger partial charge in [0.05, 0.1) is 31.4 Å². The zero-order valence-electron chi connectivity index (χ0n) is 15.2. The number of pyridine rings is 1. The van der Waals surface area contributed by atoms with Crippen LogP contribution in [0.25, 0.3) is 0 Å². The van der Waals surface area contributed by atoms with Crippen LogP contribution in [-0.2, 0) is 29.0 Å². The first-order valence-electron chi connectivity index (χ1n) is 9.25. The third kappa shape index (κ3) is 3.64. The van der Waals surface area contributed by atoms with E-state index in [1.54, 1.807) is 6.20 Å². The molecule has 2 aromatic heterocycles. The van der Waals surface area contributed by atoms with Crippen LogP contribution in [0.15, 0.2) is 30.7 Å². The first kappa shape index (κ1) is 17.2. The van der Waals surface area contributed by atoms with E-state index in [9.17, 15) is 4.79 Å². The summed E-state index contributed by atoms with van der Waals surface area (Å²) in [5.74, 6) is 1.19. The second kappa shape index (κ2) is 7.55. The van der Waals surface area contributed by atoms with E-state index in [0.717, 1.165) is 31.2 Å². The molecule has 0 N–H and O–H groups in total. The number of carbonyl (C=O) groups excluding carboxylic acids is 1. The second-order valence-electron chi connectivity index (χ2n) is 6.96. The van der Waals surface area contributed by atoms with Crippen LogP contribution in [0.3, 0.4) is 0 Å². The lowest BCUT2D eigenvalue weighted by Gasteiger charge is -2.33. The van der Waals surface area contributed by atoms with Gasteiger partial charge in [-0.15, -0.1) is 0 Å². The number of hydrogen-bond acceptors (Lipinski definition) is 5. The fourth-order valence-electron chi connectivity index (χ4n) is 3.70. The zero-order valence-corrected chi connectivity index (χ0v) is 15.2. The van der Waals surface area contributed by atoms with Gasteiger partial charge in [0.2, 0.25) is 5.91 Å². The summed E-state index contributed by atoms with van der Waals surface area (Å²) in [5, 5.41) is 0. The molecular formula is C19H25N5O2. The number of hydrogen-bond donors (Lipinski definition) is 0. The van der Waals surface area contributed by atoms with Crippen LogP contribution < -0.4 is 0 Å². The van der Waals surface area contributed by atoms with E-state index in [1.807, 2.05) is 23.4 Å². The fraction of sp³-hybridized carbons (Fsp3) is 0.526. The predicted molar refractivity (Wildman–Crippen MR) is 96.4 cm³/mol. The van der Waals surface area contributed by atoms with Crippen molar-refractivity contribution >= 4 is 5.91 Å². The highest BCUT2D eigenvalue weighted by molar-refractivity contribution is 5.78. The van der Waals surface area contributed by atoms with Crippen molar-refractivity contribution in [2.24, 2.45) is 0 Å². The second-order valence-corrected chi connectivity index (χ2v) is 6.96. The maximum atomic E-state index is 12.5. The number of carbonyl (C=O) groups is 1. The van der Waals surface area contributed by atoms with Crippen molar-refractivity contribution in [2.45, 2.75) is 32.5 Å². The molecule has 7 nitrogen and oxygen atoms in total. The first-order valence-corrected chi connectivity index (χ1v) is 9.25. The SMILES string of the molecule is C[C@H]1c2nc(CC(=O)N3CCOCC3)cn2CCN1Cc1cccnc1. The van der Waals surface area contributed by atoms with Crippen molar-refractivity contribution in [3.05, 3.63) is 47.8 Å². The molecule has 26 heavy (non-hydrogen) atoms. The van der Waals surface area contributed by atoms with Gasteiger partial charge >= 0.3 is 0 Å². The van der Waals surface area contributed by atoms with Gasteiger partial charge < -0.3 is 14.2 Å². The van der Waals surface area contributed by atoms with Crippen LogP contribution in [0.5, 0.6) is 0 Å². The van der Waals surface area contributed by atoms with Crippen LogP contribution in [0, 0.1) is 0 Å². The highest BCUT2D eigenvalue weighted by Gasteiger charge is 2.27. The standard InChI is InChI=1S/C19H25N5O2/c1-15-19-21-17(11-18(25)22-7-9-26-10-8-22)14-24(19)6-5-23(15)13-16-3-2-4-20-12-16/h2-4,12,14-15H,5-11,13H2,1H3/t15-/m0/s1. The molecule has 1 atom stereocenters. The molecule has 2 aliphatic rings. The minimum absolute atomic E-state index is 0.142. The zero-order chi connectivity index (χ0) is 17.9. The number of fused-ring (bicyclic) bond motifs is 1. The number of morpholine rings is 1. The van der Waals surface area contributed by atoms with Gasteiger partial charge in [0.15, 0.2) is 0 Å². The summed E-state index contributed by atoms with van der Waals surface area (Å²) in [5.41, 5.74) is 2.08. The van der Waals surface area contributed by atoms with Gasteiger partial charge in [-0.05, 0) is 18.6 Å². The van der Waals surface area contributed by atoms with Crippen LogP contribution >= 0.6 is 0 Å². The third-order valence-corrected chi connectivity index (χ3v) is 5.21. The molecule has 1 amide bonds. The molecule has 0 aromatic carbocycles. The number of ether oxygens (including phenoxy) is 1. The summed E-state index contributed by atoms with van der Waals surface area (Å²) in [6.07, 6.45) is 6.13. The lowest BCUT2D eigenvalue weighted by Crippen LogP contribution is -2.41. The Labute approximate surface area is 153 Å². The largest absolute Gasteiger partial charge is 0.378 e. The molecule has 0 aliphatic carbocycles. The molecule has 2 aromatic rings. The summed E-state index contributed by atoms with van der Waals surface area (Å²) in [6, 6.07) is 4.30. The van der Waals surface area contributed by atoms with Crippen molar-refractivity contribution in [2.75, 3.05) is 32.8 Å². The predicted octanol–water partition coefficient (Wildman–Crippen LogP) is 1.26. The average Bonchev–Trinajstić information content (AvgIpc) is 3.09. The lowest BCUT2D eigenvalue weighted by molar-refractivity contribution is -0.134. The number of imidazole rings is 1. The van der Waals surface area contributed by atoms with Crippen molar-refractivity contribution in [3.8, 4) is 0 Å². The van der Waals surface area contributed by atoms with Crippen molar-refractivity contribution in [1.82, 2.24) is 24.3 Å². The molecule has 1 saturated heterocycles. The fourth-order valence-corrected chi connectivity index (χ4v) is 3.70. The molecular weight excluding hydrogens is 330 g/mol. The molecule has 4 rings (SSSR count). The maximum absolute atomic E-state index is 12.5. The maximum Gasteiger partial charge on any atom is 0.228 e. The lowest BCUT2D eigenvalue weighted by atomic mass is 10.1. The van der Waals surface area contributed by atoms with Gasteiger partial charge in [-0.3, -0.25) is 14.7 Å². The van der Waals surface area contributed by atoms with E-state index in [4.69, 9.17) is 9.72 Å². The Morgan fingerprint density at radius 3 is 2.88 bits per heavy atom. The Balaban J connectivity index is 1.43. The summed E-state index contributed by atoms with van der Waals surface area (Å²) in [4.78, 5) is 25.7. The molecule has 0 saturated carbocycles. The van der Waals surface area contributed by atoms with Gasteiger partial charge in [-0.1, -0.05) is 6.07 Å². The highest BCUT2D eigenvalue weighted by Crippen LogP contribution is 2.26. The number of amides is 1. The van der Waals surface area contributed by atoms with Crippen molar-refractivity contribution in [1.29, 1.82) is 0 Å². The Bertz CT molecular complexity index is 755. The first-order chi connectivity index (χ1) is 12.7. The Morgan fingerprint density at radius 1 is 1.27 bits per heavy atom. The minimum atomic E-state index is 0.142. The Kier molecular flexibility index (Phi) is 4.99. The quantitative estimate of drug-likeness (QED) is 0.826. The molecule has 0 bridgehead atoms. The number of nitrogens with zero attached hydrogens (tertiary/aromatic N) is 5. The molecule has 2 aliphatic heterocycles. The molecule has 7 heteroatoms. The number of rotatable bonds is 4. The topological polar surface area (TPSA) is 63.5 Å². The minimum Gasteiger partial charge on any atom is -0.378 e. The van der Waals surface area contributed by atoms with Crippen LogP contribution in [-0.4, -0.2) is 63.1 Å². The summed E-state index contributed by atoms with van der Waals surface area (Å²) in [7, 11) is 0. The van der Waals surface area contributed by atoms with E-state index < -0.39 is 0 Å². The molecule has 4 heterocycles. The molecule has 0 spiro atoms. The van der Waals surface area contributed by atoms with Gasteiger partial charge in [0, 0.05) is 51.3 Å². The van der Waals surface area contributed by atoms with E-state index in [0.29, 0.717) is 32.7 Å². The van der Waals surface area contributed by atoms with Gasteiger partial charge in [-0.25, -0.2) is 4.98 Å². The third-order valence-electron chi connectivity index (χ3n) is 5.21. The van der Waals surface area contributed by atoms with Crippen LogP contribution in [0.4, 0.5) is 0 Å². The summed E-state index contributed by atoms with van der Waals surface area (Å²) in [6.45, 7) is 7.54. The smallest absolute Gasteiger partial charge is 0.228 e. The van der Waals surface area contributed by atoms with Crippen LogP contribution in [0.2, 0.25) is 0 Å². The van der Waals surface area contributed by atoms with E-state index in [-0.39, 0.29) is 11.9 Å². The summed E-state index contributed by atoms with van der Waals surface area (Å²) >= 11 is 0. The molecule has 138 valence electrons. The normalized spacial score (nSPS) is 20.8. The summed E-state index contributed by atoms with van der Waals surface area (Å²) < 4.78 is 7.52. The van der Waals surface area contributed by atoms with Crippen molar-refractivity contribution in [3.63, 3.8) is 0 Å². The van der Waals surface area contributed by atoms with Crippen molar-refractivity contribution < 1.29 is 9.53 Å². The average molecular weight is 355 g/mol. The monoisotopic (exact) mass is 355 g/mol. The van der Waals surface area contributed by atoms with Gasteiger partial charge in [0.25, 0.3) is 0 Å². The molecule has 0 radical (unpaired) electrons.